The first-order valence-electron chi connectivity index (χ1n) is 6.72. The maximum atomic E-state index is 6.31. The van der Waals surface area contributed by atoms with E-state index in [0.717, 1.165) is 22.0 Å². The Morgan fingerprint density at radius 2 is 2.10 bits per heavy atom. The molecule has 2 N–H and O–H groups in total. The van der Waals surface area contributed by atoms with Crippen LogP contribution in [-0.4, -0.2) is 16.7 Å². The number of nitrogens with zero attached hydrogens (tertiary/aromatic N) is 2. The zero-order valence-electron chi connectivity index (χ0n) is 11.8. The van der Waals surface area contributed by atoms with E-state index < -0.39 is 0 Å². The van der Waals surface area contributed by atoms with E-state index >= 15 is 0 Å². The van der Waals surface area contributed by atoms with Crippen molar-refractivity contribution < 1.29 is 4.74 Å². The van der Waals surface area contributed by atoms with Gasteiger partial charge in [-0.1, -0.05) is 18.2 Å². The predicted octanol–water partition coefficient (Wildman–Crippen LogP) is 3.32. The van der Waals surface area contributed by atoms with Gasteiger partial charge in [-0.2, -0.15) is 0 Å². The quantitative estimate of drug-likeness (QED) is 0.786. The fourth-order valence-electron chi connectivity index (χ4n) is 2.26. The molecule has 0 amide bonds. The van der Waals surface area contributed by atoms with Gasteiger partial charge in [0.05, 0.1) is 12.0 Å². The third-order valence-electron chi connectivity index (χ3n) is 3.39. The number of aromatic nitrogens is 2. The van der Waals surface area contributed by atoms with Crippen LogP contribution in [0.3, 0.4) is 0 Å². The molecule has 3 rings (SSSR count). The normalized spacial score (nSPS) is 12.3. The maximum Gasteiger partial charge on any atom is 0.150 e. The van der Waals surface area contributed by atoms with Gasteiger partial charge in [0, 0.05) is 25.0 Å². The summed E-state index contributed by atoms with van der Waals surface area (Å²) >= 11 is 1.68. The summed E-state index contributed by atoms with van der Waals surface area (Å²) < 4.78 is 7.27. The number of imidazole rings is 1. The van der Waals surface area contributed by atoms with Gasteiger partial charge in [-0.3, -0.25) is 0 Å². The first-order valence-corrected chi connectivity index (χ1v) is 7.60. The molecule has 1 aromatic carbocycles. The van der Waals surface area contributed by atoms with Crippen LogP contribution in [0.2, 0.25) is 0 Å². The molecule has 0 saturated carbocycles. The van der Waals surface area contributed by atoms with Crippen molar-refractivity contribution in [1.29, 1.82) is 0 Å². The van der Waals surface area contributed by atoms with Gasteiger partial charge in [-0.05, 0) is 29.1 Å². The molecule has 3 aromatic rings. The molecule has 0 fully saturated rings. The molecule has 21 heavy (non-hydrogen) atoms. The first kappa shape index (κ1) is 13.9. The van der Waals surface area contributed by atoms with E-state index in [1.807, 2.05) is 42.7 Å². The van der Waals surface area contributed by atoms with Gasteiger partial charge >= 0.3 is 0 Å². The van der Waals surface area contributed by atoms with Crippen molar-refractivity contribution in [2.24, 2.45) is 5.73 Å². The smallest absolute Gasteiger partial charge is 0.150 e. The van der Waals surface area contributed by atoms with Gasteiger partial charge in [0.2, 0.25) is 0 Å². The van der Waals surface area contributed by atoms with Crippen molar-refractivity contribution in [3.8, 4) is 16.5 Å². The van der Waals surface area contributed by atoms with Crippen LogP contribution in [0.1, 0.15) is 11.6 Å². The lowest BCUT2D eigenvalue weighted by atomic mass is 10.1. The van der Waals surface area contributed by atoms with E-state index in [9.17, 15) is 0 Å². The highest BCUT2D eigenvalue weighted by molar-refractivity contribution is 7.13. The molecule has 0 aliphatic rings. The van der Waals surface area contributed by atoms with Gasteiger partial charge in [0.1, 0.15) is 11.6 Å². The highest BCUT2D eigenvalue weighted by Crippen LogP contribution is 2.25. The van der Waals surface area contributed by atoms with Crippen LogP contribution >= 0.6 is 11.3 Å². The molecule has 0 saturated heterocycles. The molecule has 0 aliphatic carbocycles. The topological polar surface area (TPSA) is 53.1 Å². The molecule has 1 atom stereocenters. The number of hydrogen-bond acceptors (Lipinski definition) is 4. The number of rotatable bonds is 5. The second-order valence-electron chi connectivity index (χ2n) is 4.76. The average Bonchev–Trinajstić information content (AvgIpc) is 3.18. The SMILES string of the molecule is COc1ccc(C(N)Cn2ccnc2-c2cccs2)cc1. The number of nitrogens with two attached hydrogens (primary N) is 1. The maximum absolute atomic E-state index is 6.31. The number of methoxy groups -OCH3 is 1. The molecular weight excluding hydrogens is 282 g/mol. The number of thiophene rings is 1. The van der Waals surface area contributed by atoms with Crippen LogP contribution in [-0.2, 0) is 6.54 Å². The Morgan fingerprint density at radius 3 is 2.76 bits per heavy atom. The third-order valence-corrected chi connectivity index (χ3v) is 4.26. The zero-order chi connectivity index (χ0) is 14.7. The largest absolute Gasteiger partial charge is 0.497 e. The summed E-state index contributed by atoms with van der Waals surface area (Å²) in [5.74, 6) is 1.81. The summed E-state index contributed by atoms with van der Waals surface area (Å²) in [5.41, 5.74) is 7.40. The Balaban J connectivity index is 1.78. The monoisotopic (exact) mass is 299 g/mol. The lowest BCUT2D eigenvalue weighted by Crippen LogP contribution is -2.17. The van der Waals surface area contributed by atoms with E-state index in [2.05, 4.69) is 21.0 Å². The molecule has 2 heterocycles. The van der Waals surface area contributed by atoms with Crippen LogP contribution in [0.15, 0.2) is 54.2 Å². The van der Waals surface area contributed by atoms with Gasteiger partial charge in [-0.25, -0.2) is 4.98 Å². The molecule has 5 heteroatoms. The summed E-state index contributed by atoms with van der Waals surface area (Å²) in [4.78, 5) is 5.59. The van der Waals surface area contributed by atoms with Gasteiger partial charge < -0.3 is 15.0 Å². The number of hydrogen-bond donors (Lipinski definition) is 1. The highest BCUT2D eigenvalue weighted by atomic mass is 32.1. The Hall–Kier alpha value is -2.11. The molecule has 0 radical (unpaired) electrons. The summed E-state index contributed by atoms with van der Waals surface area (Å²) in [5, 5.41) is 2.05. The van der Waals surface area contributed by atoms with Crippen molar-refractivity contribution in [3.05, 3.63) is 59.7 Å². The first-order chi connectivity index (χ1) is 10.3. The van der Waals surface area contributed by atoms with E-state index in [1.165, 1.54) is 0 Å². The summed E-state index contributed by atoms with van der Waals surface area (Å²) in [6.07, 6.45) is 3.79. The van der Waals surface area contributed by atoms with Crippen molar-refractivity contribution in [3.63, 3.8) is 0 Å². The Labute approximate surface area is 127 Å². The van der Waals surface area contributed by atoms with E-state index in [4.69, 9.17) is 10.5 Å². The molecule has 0 aliphatic heterocycles. The zero-order valence-corrected chi connectivity index (χ0v) is 12.6. The lowest BCUT2D eigenvalue weighted by molar-refractivity contribution is 0.414. The van der Waals surface area contributed by atoms with Crippen LogP contribution in [0.4, 0.5) is 0 Å². The van der Waals surface area contributed by atoms with E-state index in [1.54, 1.807) is 18.4 Å². The standard InChI is InChI=1S/C16H17N3OS/c1-20-13-6-4-12(5-7-13)14(17)11-19-9-8-18-16(19)15-3-2-10-21-15/h2-10,14H,11,17H2,1H3. The van der Waals surface area contributed by atoms with Crippen LogP contribution in [0, 0.1) is 0 Å². The van der Waals surface area contributed by atoms with Gasteiger partial charge in [0.25, 0.3) is 0 Å². The fraction of sp³-hybridized carbons (Fsp3) is 0.188. The summed E-state index contributed by atoms with van der Waals surface area (Å²) in [7, 11) is 1.66. The minimum atomic E-state index is -0.0798. The second kappa shape index (κ2) is 6.11. The lowest BCUT2D eigenvalue weighted by Gasteiger charge is -2.15. The average molecular weight is 299 g/mol. The number of benzene rings is 1. The van der Waals surface area contributed by atoms with E-state index in [-0.39, 0.29) is 6.04 Å². The predicted molar refractivity (Wildman–Crippen MR) is 85.5 cm³/mol. The van der Waals surface area contributed by atoms with Crippen LogP contribution in [0.25, 0.3) is 10.7 Å². The minimum Gasteiger partial charge on any atom is -0.497 e. The van der Waals surface area contributed by atoms with Crippen molar-refractivity contribution in [2.75, 3.05) is 7.11 Å². The van der Waals surface area contributed by atoms with Crippen molar-refractivity contribution in [1.82, 2.24) is 9.55 Å². The Kier molecular flexibility index (Phi) is 4.03. The van der Waals surface area contributed by atoms with Gasteiger partial charge in [-0.15, -0.1) is 11.3 Å². The molecule has 0 bridgehead atoms. The molecular formula is C16H17N3OS. The van der Waals surface area contributed by atoms with Crippen molar-refractivity contribution >= 4 is 11.3 Å². The minimum absolute atomic E-state index is 0.0798. The molecule has 1 unspecified atom stereocenters. The fourth-order valence-corrected chi connectivity index (χ4v) is 2.99. The van der Waals surface area contributed by atoms with Crippen molar-refractivity contribution in [2.45, 2.75) is 12.6 Å². The molecule has 0 spiro atoms. The number of ether oxygens (including phenoxy) is 1. The third kappa shape index (κ3) is 2.99. The summed E-state index contributed by atoms with van der Waals surface area (Å²) in [6.45, 7) is 0.694. The second-order valence-corrected chi connectivity index (χ2v) is 5.71. The Bertz CT molecular complexity index is 689. The van der Waals surface area contributed by atoms with E-state index in [0.29, 0.717) is 6.54 Å². The van der Waals surface area contributed by atoms with Crippen LogP contribution in [0.5, 0.6) is 5.75 Å². The Morgan fingerprint density at radius 1 is 1.29 bits per heavy atom. The van der Waals surface area contributed by atoms with Gasteiger partial charge in [0.15, 0.2) is 0 Å². The highest BCUT2D eigenvalue weighted by Gasteiger charge is 2.12. The molecule has 108 valence electrons. The molecule has 2 aromatic heterocycles. The summed E-state index contributed by atoms with van der Waals surface area (Å²) in [6, 6.07) is 11.9. The van der Waals surface area contributed by atoms with Crippen LogP contribution < -0.4 is 10.5 Å². The molecule has 4 nitrogen and oxygen atoms in total.